The third-order valence-electron chi connectivity index (χ3n) is 2.56. The van der Waals surface area contributed by atoms with Gasteiger partial charge in [-0.25, -0.2) is 0 Å². The maximum absolute atomic E-state index is 11.9. The lowest BCUT2D eigenvalue weighted by molar-refractivity contribution is -0.394. The zero-order chi connectivity index (χ0) is 16.3. The van der Waals surface area contributed by atoms with Crippen molar-refractivity contribution in [1.29, 1.82) is 0 Å². The van der Waals surface area contributed by atoms with Gasteiger partial charge in [-0.05, 0) is 0 Å². The highest BCUT2D eigenvalue weighted by molar-refractivity contribution is 5.95. The zero-order valence-corrected chi connectivity index (χ0v) is 11.2. The van der Waals surface area contributed by atoms with E-state index >= 15 is 0 Å². The second-order valence-corrected chi connectivity index (χ2v) is 4.16. The third kappa shape index (κ3) is 3.39. The van der Waals surface area contributed by atoms with Crippen molar-refractivity contribution in [1.82, 2.24) is 15.5 Å². The minimum atomic E-state index is -0.813. The number of nitro benzene ring substituents is 2. The van der Waals surface area contributed by atoms with Gasteiger partial charge in [0.25, 0.3) is 17.3 Å². The lowest BCUT2D eigenvalue weighted by atomic mass is 10.1. The number of nitro groups is 2. The first-order chi connectivity index (χ1) is 10.4. The summed E-state index contributed by atoms with van der Waals surface area (Å²) in [5.74, 6) is -0.199. The number of carbonyl (C=O) groups excluding carboxylic acids is 1. The molecule has 11 nitrogen and oxygen atoms in total. The normalized spacial score (nSPS) is 10.2. The second-order valence-electron chi connectivity index (χ2n) is 4.16. The topological polar surface area (TPSA) is 154 Å². The van der Waals surface area contributed by atoms with Crippen molar-refractivity contribution in [2.45, 2.75) is 13.5 Å². The SMILES string of the molecule is Cc1nc(CNC(=O)c2cc([N+](=O)[O-])cc([N+](=O)[O-])c2)no1. The summed E-state index contributed by atoms with van der Waals surface area (Å²) in [7, 11) is 0. The van der Waals surface area contributed by atoms with Crippen molar-refractivity contribution < 1.29 is 19.2 Å². The molecule has 0 aliphatic heterocycles. The molecule has 0 saturated carbocycles. The van der Waals surface area contributed by atoms with Gasteiger partial charge < -0.3 is 9.84 Å². The van der Waals surface area contributed by atoms with Crippen LogP contribution in [0.15, 0.2) is 22.7 Å². The Morgan fingerprint density at radius 1 is 1.23 bits per heavy atom. The number of non-ortho nitro benzene ring substituents is 2. The van der Waals surface area contributed by atoms with Crippen LogP contribution in [0.3, 0.4) is 0 Å². The van der Waals surface area contributed by atoms with E-state index in [1.165, 1.54) is 0 Å². The summed E-state index contributed by atoms with van der Waals surface area (Å²) in [6.07, 6.45) is 0. The number of nitrogens with one attached hydrogen (secondary N) is 1. The molecule has 1 N–H and O–H groups in total. The molecule has 114 valence electrons. The maximum atomic E-state index is 11.9. The molecule has 0 radical (unpaired) electrons. The number of hydrogen-bond acceptors (Lipinski definition) is 8. The summed E-state index contributed by atoms with van der Waals surface area (Å²) in [6.45, 7) is 1.49. The molecule has 0 spiro atoms. The fourth-order valence-corrected chi connectivity index (χ4v) is 1.61. The highest BCUT2D eigenvalue weighted by Gasteiger charge is 2.20. The Balaban J connectivity index is 2.20. The average molecular weight is 307 g/mol. The van der Waals surface area contributed by atoms with Gasteiger partial charge in [-0.2, -0.15) is 4.98 Å². The monoisotopic (exact) mass is 307 g/mol. The van der Waals surface area contributed by atoms with Crippen LogP contribution in [0.25, 0.3) is 0 Å². The van der Waals surface area contributed by atoms with E-state index in [1.54, 1.807) is 6.92 Å². The molecule has 0 fully saturated rings. The number of amides is 1. The molecule has 2 aromatic rings. The highest BCUT2D eigenvalue weighted by Crippen LogP contribution is 2.22. The number of rotatable bonds is 5. The molecular weight excluding hydrogens is 298 g/mol. The fourth-order valence-electron chi connectivity index (χ4n) is 1.61. The molecule has 0 atom stereocenters. The Labute approximate surface area is 122 Å². The maximum Gasteiger partial charge on any atom is 0.277 e. The van der Waals surface area contributed by atoms with Crippen molar-refractivity contribution in [3.05, 3.63) is 55.7 Å². The number of carbonyl (C=O) groups is 1. The van der Waals surface area contributed by atoms with Crippen molar-refractivity contribution in [2.24, 2.45) is 0 Å². The summed E-state index contributed by atoms with van der Waals surface area (Å²) < 4.78 is 4.71. The van der Waals surface area contributed by atoms with E-state index in [1.807, 2.05) is 0 Å². The van der Waals surface area contributed by atoms with Crippen LogP contribution in [-0.4, -0.2) is 25.9 Å². The summed E-state index contributed by atoms with van der Waals surface area (Å²) in [6, 6.07) is 2.67. The molecule has 1 amide bonds. The first-order valence-electron chi connectivity index (χ1n) is 5.88. The standard InChI is InChI=1S/C11H9N5O6/c1-6-13-10(14-22-6)5-12-11(17)7-2-8(15(18)19)4-9(3-7)16(20)21/h2-4H,5H2,1H3,(H,12,17). The molecule has 0 bridgehead atoms. The van der Waals surface area contributed by atoms with Crippen LogP contribution >= 0.6 is 0 Å². The van der Waals surface area contributed by atoms with Gasteiger partial charge in [0.1, 0.15) is 0 Å². The van der Waals surface area contributed by atoms with Gasteiger partial charge in [-0.1, -0.05) is 5.16 Å². The zero-order valence-electron chi connectivity index (χ0n) is 11.2. The number of aromatic nitrogens is 2. The number of nitrogens with zero attached hydrogens (tertiary/aromatic N) is 4. The van der Waals surface area contributed by atoms with Gasteiger partial charge in [-0.3, -0.25) is 25.0 Å². The van der Waals surface area contributed by atoms with E-state index in [0.717, 1.165) is 18.2 Å². The van der Waals surface area contributed by atoms with Gasteiger partial charge in [0.2, 0.25) is 5.89 Å². The van der Waals surface area contributed by atoms with E-state index < -0.39 is 27.1 Å². The summed E-state index contributed by atoms with van der Waals surface area (Å²) in [5, 5.41) is 27.5. The van der Waals surface area contributed by atoms with Gasteiger partial charge in [0.15, 0.2) is 5.82 Å². The molecule has 2 rings (SSSR count). The van der Waals surface area contributed by atoms with Gasteiger partial charge in [0, 0.05) is 19.1 Å². The molecule has 0 aliphatic rings. The molecule has 0 saturated heterocycles. The van der Waals surface area contributed by atoms with Crippen LogP contribution in [0.4, 0.5) is 11.4 Å². The predicted molar refractivity (Wildman–Crippen MR) is 70.0 cm³/mol. The first kappa shape index (κ1) is 15.0. The molecule has 22 heavy (non-hydrogen) atoms. The third-order valence-corrected chi connectivity index (χ3v) is 2.56. The number of benzene rings is 1. The molecule has 1 heterocycles. The summed E-state index contributed by atoms with van der Waals surface area (Å²) in [5.41, 5.74) is -1.30. The van der Waals surface area contributed by atoms with Gasteiger partial charge in [-0.15, -0.1) is 0 Å². The van der Waals surface area contributed by atoms with E-state index in [0.29, 0.717) is 5.89 Å². The van der Waals surface area contributed by atoms with Crippen LogP contribution in [0.1, 0.15) is 22.1 Å². The van der Waals surface area contributed by atoms with Crippen LogP contribution in [0, 0.1) is 27.2 Å². The van der Waals surface area contributed by atoms with E-state index in [-0.39, 0.29) is 17.9 Å². The highest BCUT2D eigenvalue weighted by atomic mass is 16.6. The lowest BCUT2D eigenvalue weighted by Gasteiger charge is -2.03. The van der Waals surface area contributed by atoms with Crippen molar-refractivity contribution in [3.63, 3.8) is 0 Å². The van der Waals surface area contributed by atoms with Gasteiger partial charge in [0.05, 0.1) is 28.0 Å². The average Bonchev–Trinajstić information content (AvgIpc) is 2.89. The first-order valence-corrected chi connectivity index (χ1v) is 5.88. The van der Waals surface area contributed by atoms with Crippen molar-refractivity contribution in [2.75, 3.05) is 0 Å². The molecule has 1 aromatic carbocycles. The Bertz CT molecular complexity index is 723. The predicted octanol–water partition coefficient (Wildman–Crippen LogP) is 1.12. The van der Waals surface area contributed by atoms with E-state index in [4.69, 9.17) is 4.52 Å². The summed E-state index contributed by atoms with van der Waals surface area (Å²) >= 11 is 0. The minimum absolute atomic E-state index is 0.0767. The smallest absolute Gasteiger partial charge is 0.277 e. The van der Waals surface area contributed by atoms with Gasteiger partial charge >= 0.3 is 0 Å². The summed E-state index contributed by atoms with van der Waals surface area (Å²) in [4.78, 5) is 35.7. The molecule has 0 aliphatic carbocycles. The van der Waals surface area contributed by atoms with Crippen LogP contribution in [0.2, 0.25) is 0 Å². The Morgan fingerprint density at radius 3 is 2.27 bits per heavy atom. The molecule has 1 aromatic heterocycles. The van der Waals surface area contributed by atoms with Crippen LogP contribution in [-0.2, 0) is 6.54 Å². The van der Waals surface area contributed by atoms with Crippen molar-refractivity contribution in [3.8, 4) is 0 Å². The minimum Gasteiger partial charge on any atom is -0.345 e. The Hall–Kier alpha value is -3.37. The molecule has 11 heteroatoms. The van der Waals surface area contributed by atoms with Crippen molar-refractivity contribution >= 4 is 17.3 Å². The van der Waals surface area contributed by atoms with E-state index in [2.05, 4.69) is 15.5 Å². The molecular formula is C11H9N5O6. The second kappa shape index (κ2) is 5.95. The van der Waals surface area contributed by atoms with E-state index in [9.17, 15) is 25.0 Å². The Kier molecular flexibility index (Phi) is 4.06. The van der Waals surface area contributed by atoms with Crippen LogP contribution in [0.5, 0.6) is 0 Å². The number of hydrogen-bond donors (Lipinski definition) is 1. The van der Waals surface area contributed by atoms with Crippen LogP contribution < -0.4 is 5.32 Å². The Morgan fingerprint density at radius 2 is 1.82 bits per heavy atom. The quantitative estimate of drug-likeness (QED) is 0.636. The largest absolute Gasteiger partial charge is 0.345 e. The lowest BCUT2D eigenvalue weighted by Crippen LogP contribution is -2.23. The molecule has 0 unspecified atom stereocenters. The fraction of sp³-hybridized carbons (Fsp3) is 0.182. The number of aryl methyl sites for hydroxylation is 1.